The summed E-state index contributed by atoms with van der Waals surface area (Å²) in [6.45, 7) is 4.41. The fraction of sp³-hybridized carbons (Fsp3) is 0.385. The number of halogens is 1. The Balaban J connectivity index is 2.81. The first-order chi connectivity index (χ1) is 9.10. The van der Waals surface area contributed by atoms with E-state index in [9.17, 15) is 19.1 Å². The van der Waals surface area contributed by atoms with Crippen molar-refractivity contribution in [3.63, 3.8) is 0 Å². The second-order valence-corrected chi connectivity index (χ2v) is 4.98. The Hall–Kier alpha value is -2.31. The number of esters is 1. The molecule has 0 bridgehead atoms. The minimum atomic E-state index is -1.44. The lowest BCUT2D eigenvalue weighted by atomic mass is 10.2. The molecule has 0 radical (unpaired) electrons. The number of carbonyl (C=O) groups excluding carboxylic acids is 1. The van der Waals surface area contributed by atoms with Crippen molar-refractivity contribution in [2.45, 2.75) is 26.4 Å². The largest absolute Gasteiger partial charge is 0.507 e. The van der Waals surface area contributed by atoms with Gasteiger partial charge in [-0.05, 0) is 20.8 Å². The van der Waals surface area contributed by atoms with E-state index < -0.39 is 47.0 Å². The summed E-state index contributed by atoms with van der Waals surface area (Å²) in [5, 5.41) is 18.0. The zero-order chi connectivity index (χ0) is 15.5. The highest BCUT2D eigenvalue weighted by Crippen LogP contribution is 2.27. The molecule has 0 spiro atoms. The lowest BCUT2D eigenvalue weighted by Crippen LogP contribution is -2.27. The van der Waals surface area contributed by atoms with Crippen molar-refractivity contribution >= 4 is 11.9 Å². The Morgan fingerprint density at radius 3 is 2.40 bits per heavy atom. The molecule has 1 aromatic rings. The van der Waals surface area contributed by atoms with Crippen LogP contribution in [-0.4, -0.2) is 34.4 Å². The van der Waals surface area contributed by atoms with E-state index in [4.69, 9.17) is 14.6 Å². The summed E-state index contributed by atoms with van der Waals surface area (Å²) in [4.78, 5) is 22.2. The van der Waals surface area contributed by atoms with Crippen molar-refractivity contribution in [2.75, 3.05) is 6.61 Å². The molecule has 110 valence electrons. The fourth-order valence-electron chi connectivity index (χ4n) is 1.33. The van der Waals surface area contributed by atoms with Crippen molar-refractivity contribution in [3.8, 4) is 11.5 Å². The molecule has 2 N–H and O–H groups in total. The molecule has 6 nitrogen and oxygen atoms in total. The van der Waals surface area contributed by atoms with E-state index in [-0.39, 0.29) is 0 Å². The van der Waals surface area contributed by atoms with Crippen molar-refractivity contribution in [2.24, 2.45) is 0 Å². The predicted octanol–water partition coefficient (Wildman–Crippen LogP) is 1.95. The van der Waals surface area contributed by atoms with Gasteiger partial charge in [0.1, 0.15) is 16.9 Å². The first kappa shape index (κ1) is 15.7. The third-order valence-corrected chi connectivity index (χ3v) is 2.05. The minimum absolute atomic E-state index is 0.453. The topological polar surface area (TPSA) is 93.1 Å². The van der Waals surface area contributed by atoms with Crippen LogP contribution in [0.3, 0.4) is 0 Å². The monoisotopic (exact) mass is 286 g/mol. The molecule has 0 aliphatic rings. The van der Waals surface area contributed by atoms with Crippen LogP contribution in [0.15, 0.2) is 12.1 Å². The molecule has 0 heterocycles. The van der Waals surface area contributed by atoms with Crippen molar-refractivity contribution in [3.05, 3.63) is 23.5 Å². The zero-order valence-corrected chi connectivity index (χ0v) is 11.3. The molecule has 0 atom stereocenters. The average molecular weight is 286 g/mol. The quantitative estimate of drug-likeness (QED) is 0.822. The smallest absolute Gasteiger partial charge is 0.344 e. The SMILES string of the molecule is CC(C)(C)OC(=O)COc1cc(C(=O)O)c(O)cc1F. The Morgan fingerprint density at radius 1 is 1.30 bits per heavy atom. The number of rotatable bonds is 4. The number of carbonyl (C=O) groups is 2. The molecular weight excluding hydrogens is 271 g/mol. The number of carboxylic acids is 1. The van der Waals surface area contributed by atoms with E-state index >= 15 is 0 Å². The summed E-state index contributed by atoms with van der Waals surface area (Å²) in [7, 11) is 0. The van der Waals surface area contributed by atoms with Gasteiger partial charge in [-0.15, -0.1) is 0 Å². The van der Waals surface area contributed by atoms with E-state index in [1.165, 1.54) is 0 Å². The Morgan fingerprint density at radius 2 is 1.90 bits per heavy atom. The third kappa shape index (κ3) is 4.42. The number of ether oxygens (including phenoxy) is 2. The van der Waals surface area contributed by atoms with Crippen LogP contribution in [-0.2, 0) is 9.53 Å². The molecule has 20 heavy (non-hydrogen) atoms. The van der Waals surface area contributed by atoms with E-state index in [0.717, 1.165) is 6.07 Å². The first-order valence-electron chi connectivity index (χ1n) is 5.70. The van der Waals surface area contributed by atoms with Crippen LogP contribution in [0.2, 0.25) is 0 Å². The fourth-order valence-corrected chi connectivity index (χ4v) is 1.33. The van der Waals surface area contributed by atoms with Gasteiger partial charge in [0.2, 0.25) is 0 Å². The zero-order valence-electron chi connectivity index (χ0n) is 11.3. The van der Waals surface area contributed by atoms with Gasteiger partial charge < -0.3 is 19.7 Å². The van der Waals surface area contributed by atoms with Crippen LogP contribution in [0.5, 0.6) is 11.5 Å². The Kier molecular flexibility index (Phi) is 4.54. The summed E-state index contributed by atoms with van der Waals surface area (Å²) in [6.07, 6.45) is 0. The van der Waals surface area contributed by atoms with Crippen LogP contribution in [0.25, 0.3) is 0 Å². The molecule has 0 saturated carbocycles. The molecule has 0 saturated heterocycles. The van der Waals surface area contributed by atoms with Gasteiger partial charge in [0.25, 0.3) is 0 Å². The van der Waals surface area contributed by atoms with Crippen LogP contribution < -0.4 is 4.74 Å². The number of benzene rings is 1. The van der Waals surface area contributed by atoms with Crippen molar-refractivity contribution in [1.82, 2.24) is 0 Å². The van der Waals surface area contributed by atoms with E-state index in [2.05, 4.69) is 0 Å². The van der Waals surface area contributed by atoms with Crippen LogP contribution in [0, 0.1) is 5.82 Å². The lowest BCUT2D eigenvalue weighted by Gasteiger charge is -2.19. The van der Waals surface area contributed by atoms with Gasteiger partial charge in [0.15, 0.2) is 18.2 Å². The molecule has 7 heteroatoms. The van der Waals surface area contributed by atoms with E-state index in [0.29, 0.717) is 6.07 Å². The van der Waals surface area contributed by atoms with Crippen LogP contribution in [0.1, 0.15) is 31.1 Å². The number of phenols is 1. The molecule has 0 aliphatic heterocycles. The minimum Gasteiger partial charge on any atom is -0.507 e. The Bertz CT molecular complexity index is 532. The number of carboxylic acid groups (broad SMARTS) is 1. The van der Waals surface area contributed by atoms with Gasteiger partial charge in [0, 0.05) is 12.1 Å². The van der Waals surface area contributed by atoms with Crippen molar-refractivity contribution in [1.29, 1.82) is 0 Å². The summed E-state index contributed by atoms with van der Waals surface area (Å²) in [6, 6.07) is 1.41. The average Bonchev–Trinajstić information content (AvgIpc) is 2.24. The maximum Gasteiger partial charge on any atom is 0.344 e. The molecular formula is C13H15FO6. The highest BCUT2D eigenvalue weighted by atomic mass is 19.1. The number of aromatic carboxylic acids is 1. The molecule has 1 aromatic carbocycles. The number of hydrogen-bond donors (Lipinski definition) is 2. The van der Waals surface area contributed by atoms with Gasteiger partial charge in [-0.1, -0.05) is 0 Å². The van der Waals surface area contributed by atoms with E-state index in [1.54, 1.807) is 20.8 Å². The first-order valence-corrected chi connectivity index (χ1v) is 5.70. The third-order valence-electron chi connectivity index (χ3n) is 2.05. The van der Waals surface area contributed by atoms with Gasteiger partial charge in [0.05, 0.1) is 0 Å². The molecule has 0 amide bonds. The highest BCUT2D eigenvalue weighted by molar-refractivity contribution is 5.91. The van der Waals surface area contributed by atoms with Gasteiger partial charge in [-0.25, -0.2) is 14.0 Å². The second kappa shape index (κ2) is 5.77. The molecule has 0 aromatic heterocycles. The molecule has 0 unspecified atom stereocenters. The second-order valence-electron chi connectivity index (χ2n) is 4.98. The van der Waals surface area contributed by atoms with Crippen LogP contribution >= 0.6 is 0 Å². The van der Waals surface area contributed by atoms with Gasteiger partial charge in [-0.3, -0.25) is 0 Å². The van der Waals surface area contributed by atoms with E-state index in [1.807, 2.05) is 0 Å². The molecule has 0 fully saturated rings. The summed E-state index contributed by atoms with van der Waals surface area (Å²) >= 11 is 0. The van der Waals surface area contributed by atoms with Crippen LogP contribution in [0.4, 0.5) is 4.39 Å². The van der Waals surface area contributed by atoms with Gasteiger partial charge >= 0.3 is 11.9 Å². The standard InChI is InChI=1S/C13H15FO6/c1-13(2,3)20-11(16)6-19-10-4-7(12(17)18)9(15)5-8(10)14/h4-5,15H,6H2,1-3H3,(H,17,18). The highest BCUT2D eigenvalue weighted by Gasteiger charge is 2.19. The summed E-state index contributed by atoms with van der Waals surface area (Å²) < 4.78 is 23.3. The maximum atomic E-state index is 13.5. The number of hydrogen-bond acceptors (Lipinski definition) is 5. The lowest BCUT2D eigenvalue weighted by molar-refractivity contribution is -0.157. The predicted molar refractivity (Wildman–Crippen MR) is 66.4 cm³/mol. The molecule has 0 aliphatic carbocycles. The normalized spacial score (nSPS) is 11.0. The Labute approximate surface area is 114 Å². The van der Waals surface area contributed by atoms with Gasteiger partial charge in [-0.2, -0.15) is 0 Å². The van der Waals surface area contributed by atoms with Crippen molar-refractivity contribution < 1.29 is 33.7 Å². The number of aromatic hydroxyl groups is 1. The maximum absolute atomic E-state index is 13.5. The molecule has 1 rings (SSSR count). The summed E-state index contributed by atoms with van der Waals surface area (Å²) in [5.74, 6) is -4.31. The summed E-state index contributed by atoms with van der Waals surface area (Å²) in [5.41, 5.74) is -1.23.